The van der Waals surface area contributed by atoms with Gasteiger partial charge in [0.2, 0.25) is 0 Å². The lowest BCUT2D eigenvalue weighted by atomic mass is 10.2. The monoisotopic (exact) mass is 474 g/mol. The second-order valence-electron chi connectivity index (χ2n) is 7.06. The molecule has 0 aliphatic heterocycles. The van der Waals surface area contributed by atoms with Gasteiger partial charge in [-0.3, -0.25) is 4.57 Å². The molecule has 0 aliphatic rings. The summed E-state index contributed by atoms with van der Waals surface area (Å²) >= 11 is 3.56. The highest BCUT2D eigenvalue weighted by Crippen LogP contribution is 2.30. The van der Waals surface area contributed by atoms with Crippen LogP contribution in [0.25, 0.3) is 27.6 Å². The fraction of sp³-hybridized carbons (Fsp3) is 0.0870. The second kappa shape index (κ2) is 7.88. The fourth-order valence-electron chi connectivity index (χ4n) is 3.53. The van der Waals surface area contributed by atoms with E-state index in [9.17, 15) is 0 Å². The third-order valence-electron chi connectivity index (χ3n) is 5.08. The molecule has 2 aromatic carbocycles. The smallest absolute Gasteiger partial charge is 0.151 e. The quantitative estimate of drug-likeness (QED) is 0.375. The zero-order valence-electron chi connectivity index (χ0n) is 16.7. The summed E-state index contributed by atoms with van der Waals surface area (Å²) in [5.41, 5.74) is 9.66. The number of hydrogen-bond donors (Lipinski definition) is 2. The molecule has 5 rings (SSSR count). The van der Waals surface area contributed by atoms with Crippen molar-refractivity contribution < 1.29 is 4.74 Å². The molecule has 0 spiro atoms. The Labute approximate surface area is 187 Å². The van der Waals surface area contributed by atoms with Gasteiger partial charge in [0.1, 0.15) is 30.3 Å². The Morgan fingerprint density at radius 2 is 1.97 bits per heavy atom. The summed E-state index contributed by atoms with van der Waals surface area (Å²) in [5, 5.41) is 4.93. The molecular weight excluding hydrogens is 456 g/mol. The normalized spacial score (nSPS) is 11.2. The number of ether oxygens (including phenoxy) is 1. The molecule has 0 unspecified atom stereocenters. The average Bonchev–Trinajstić information content (AvgIpc) is 3.15. The van der Waals surface area contributed by atoms with Crippen LogP contribution in [0.15, 0.2) is 71.6 Å². The van der Waals surface area contributed by atoms with Crippen LogP contribution in [0.3, 0.4) is 0 Å². The highest BCUT2D eigenvalue weighted by Gasteiger charge is 2.13. The number of nitrogens with zero attached hydrogens (tertiary/aromatic N) is 4. The van der Waals surface area contributed by atoms with Gasteiger partial charge in [-0.2, -0.15) is 0 Å². The van der Waals surface area contributed by atoms with Gasteiger partial charge in [-0.1, -0.05) is 12.1 Å². The molecule has 31 heavy (non-hydrogen) atoms. The van der Waals surface area contributed by atoms with E-state index in [1.54, 1.807) is 0 Å². The van der Waals surface area contributed by atoms with E-state index in [1.807, 2.05) is 66.3 Å². The van der Waals surface area contributed by atoms with Gasteiger partial charge in [0, 0.05) is 34.9 Å². The minimum atomic E-state index is 0.433. The van der Waals surface area contributed by atoms with Crippen molar-refractivity contribution in [2.45, 2.75) is 6.61 Å². The van der Waals surface area contributed by atoms with Crippen LogP contribution < -0.4 is 15.8 Å². The number of anilines is 2. The van der Waals surface area contributed by atoms with Crippen LogP contribution in [0.1, 0.15) is 5.56 Å². The zero-order valence-corrected chi connectivity index (χ0v) is 18.3. The minimum Gasteiger partial charge on any atom is -0.489 e. The Balaban J connectivity index is 1.42. The summed E-state index contributed by atoms with van der Waals surface area (Å²) < 4.78 is 8.89. The molecule has 0 aliphatic carbocycles. The molecule has 154 valence electrons. The van der Waals surface area contributed by atoms with Gasteiger partial charge in [0.15, 0.2) is 5.65 Å². The van der Waals surface area contributed by atoms with E-state index < -0.39 is 0 Å². The van der Waals surface area contributed by atoms with Gasteiger partial charge in [-0.25, -0.2) is 15.0 Å². The first-order valence-electron chi connectivity index (χ1n) is 9.70. The number of fused-ring (bicyclic) bond motifs is 2. The molecule has 0 saturated heterocycles. The predicted molar refractivity (Wildman–Crippen MR) is 127 cm³/mol. The maximum absolute atomic E-state index is 6.05. The molecule has 0 atom stereocenters. The Morgan fingerprint density at radius 1 is 1.10 bits per heavy atom. The van der Waals surface area contributed by atoms with Crippen molar-refractivity contribution in [3.8, 4) is 11.4 Å². The average molecular weight is 475 g/mol. The third kappa shape index (κ3) is 3.66. The topological polar surface area (TPSA) is 90.9 Å². The van der Waals surface area contributed by atoms with Crippen molar-refractivity contribution >= 4 is 49.5 Å². The van der Waals surface area contributed by atoms with Crippen LogP contribution in [-0.2, 0) is 6.61 Å². The van der Waals surface area contributed by atoms with Crippen molar-refractivity contribution in [2.75, 3.05) is 18.1 Å². The SMILES string of the molecule is CNc1ccc2ccc(OCc3cccc(-n4cc(Br)c5c(N)ncnc54)c3)cc2n1. The Bertz CT molecular complexity index is 1410. The molecular formula is C23H19BrN6O. The van der Waals surface area contributed by atoms with Gasteiger partial charge < -0.3 is 15.8 Å². The zero-order chi connectivity index (χ0) is 21.4. The van der Waals surface area contributed by atoms with E-state index >= 15 is 0 Å². The second-order valence-corrected chi connectivity index (χ2v) is 7.92. The van der Waals surface area contributed by atoms with Gasteiger partial charge >= 0.3 is 0 Å². The van der Waals surface area contributed by atoms with Crippen LogP contribution in [0.4, 0.5) is 11.6 Å². The molecule has 5 aromatic rings. The summed E-state index contributed by atoms with van der Waals surface area (Å²) in [5.74, 6) is 2.04. The van der Waals surface area contributed by atoms with E-state index in [2.05, 4.69) is 42.3 Å². The van der Waals surface area contributed by atoms with Crippen LogP contribution in [0.5, 0.6) is 5.75 Å². The maximum atomic E-state index is 6.05. The Morgan fingerprint density at radius 3 is 2.84 bits per heavy atom. The highest BCUT2D eigenvalue weighted by molar-refractivity contribution is 9.10. The lowest BCUT2D eigenvalue weighted by Gasteiger charge is -2.10. The number of benzene rings is 2. The summed E-state index contributed by atoms with van der Waals surface area (Å²) in [6.07, 6.45) is 3.42. The van der Waals surface area contributed by atoms with Crippen LogP contribution in [-0.4, -0.2) is 26.6 Å². The lowest BCUT2D eigenvalue weighted by molar-refractivity contribution is 0.306. The molecule has 7 nitrogen and oxygen atoms in total. The largest absolute Gasteiger partial charge is 0.489 e. The van der Waals surface area contributed by atoms with Gasteiger partial charge in [0.05, 0.1) is 10.9 Å². The van der Waals surface area contributed by atoms with Crippen molar-refractivity contribution in [1.29, 1.82) is 0 Å². The molecule has 0 amide bonds. The lowest BCUT2D eigenvalue weighted by Crippen LogP contribution is -2.00. The Hall–Kier alpha value is -3.65. The first kappa shape index (κ1) is 19.3. The molecule has 0 fully saturated rings. The minimum absolute atomic E-state index is 0.433. The van der Waals surface area contributed by atoms with Gasteiger partial charge in [-0.05, 0) is 57.9 Å². The van der Waals surface area contributed by atoms with Crippen LogP contribution >= 0.6 is 15.9 Å². The molecule has 3 heterocycles. The van der Waals surface area contributed by atoms with E-state index in [1.165, 1.54) is 6.33 Å². The van der Waals surface area contributed by atoms with Crippen molar-refractivity contribution in [3.05, 3.63) is 77.2 Å². The standard InChI is InChI=1S/C23H19BrN6O/c1-26-20-8-6-15-5-7-17(10-19(15)29-20)31-12-14-3-2-4-16(9-14)30-11-18(24)21-22(25)27-13-28-23(21)30/h2-11,13H,12H2,1H3,(H,26,29)(H2,25,27,28). The number of nitrogens with two attached hydrogens (primary N) is 1. The van der Waals surface area contributed by atoms with E-state index in [-0.39, 0.29) is 0 Å². The van der Waals surface area contributed by atoms with Crippen molar-refractivity contribution in [3.63, 3.8) is 0 Å². The summed E-state index contributed by atoms with van der Waals surface area (Å²) in [7, 11) is 1.86. The number of halogens is 1. The molecule has 3 N–H and O–H groups in total. The first-order chi connectivity index (χ1) is 15.1. The highest BCUT2D eigenvalue weighted by atomic mass is 79.9. The molecule has 0 radical (unpaired) electrons. The molecule has 0 saturated carbocycles. The van der Waals surface area contributed by atoms with Crippen LogP contribution in [0, 0.1) is 0 Å². The summed E-state index contributed by atoms with van der Waals surface area (Å²) in [6, 6.07) is 18.1. The Kier molecular flexibility index (Phi) is 4.91. The maximum Gasteiger partial charge on any atom is 0.151 e. The van der Waals surface area contributed by atoms with E-state index in [0.717, 1.165) is 49.2 Å². The molecule has 8 heteroatoms. The van der Waals surface area contributed by atoms with Crippen molar-refractivity contribution in [2.24, 2.45) is 0 Å². The number of nitrogens with one attached hydrogen (secondary N) is 1. The van der Waals surface area contributed by atoms with Crippen LogP contribution in [0.2, 0.25) is 0 Å². The molecule has 0 bridgehead atoms. The van der Waals surface area contributed by atoms with Crippen molar-refractivity contribution in [1.82, 2.24) is 19.5 Å². The fourth-order valence-corrected chi connectivity index (χ4v) is 4.11. The summed E-state index contributed by atoms with van der Waals surface area (Å²) in [4.78, 5) is 13.1. The number of hydrogen-bond acceptors (Lipinski definition) is 6. The number of nitrogen functional groups attached to an aromatic ring is 1. The number of rotatable bonds is 5. The summed E-state index contributed by atoms with van der Waals surface area (Å²) in [6.45, 7) is 0.433. The van der Waals surface area contributed by atoms with Gasteiger partial charge in [-0.15, -0.1) is 0 Å². The van der Waals surface area contributed by atoms with Gasteiger partial charge in [0.25, 0.3) is 0 Å². The van der Waals surface area contributed by atoms with E-state index in [0.29, 0.717) is 12.4 Å². The predicted octanol–water partition coefficient (Wildman–Crippen LogP) is 4.93. The van der Waals surface area contributed by atoms with E-state index in [4.69, 9.17) is 10.5 Å². The third-order valence-corrected chi connectivity index (χ3v) is 5.68. The number of aromatic nitrogens is 4. The number of pyridine rings is 1. The molecule has 3 aromatic heterocycles. The first-order valence-corrected chi connectivity index (χ1v) is 10.5.